The number of hydrogen-bond donors (Lipinski definition) is 1. The highest BCUT2D eigenvalue weighted by Gasteiger charge is 2.37. The van der Waals surface area contributed by atoms with Crippen LogP contribution in [0.15, 0.2) is 54.2 Å². The first kappa shape index (κ1) is 22.6. The average Bonchev–Trinajstić information content (AvgIpc) is 3.48. The van der Waals surface area contributed by atoms with Crippen LogP contribution in [-0.4, -0.2) is 46.3 Å². The fourth-order valence-corrected chi connectivity index (χ4v) is 4.74. The first-order valence-electron chi connectivity index (χ1n) is 11.7. The molecule has 3 aromatic rings. The number of aromatic nitrogens is 1. The number of imide groups is 2. The van der Waals surface area contributed by atoms with E-state index in [1.807, 2.05) is 53.6 Å². The van der Waals surface area contributed by atoms with Crippen molar-refractivity contribution < 1.29 is 19.2 Å². The number of amides is 5. The molecule has 0 unspecified atom stereocenters. The van der Waals surface area contributed by atoms with Gasteiger partial charge in [-0.2, -0.15) is 0 Å². The summed E-state index contributed by atoms with van der Waals surface area (Å²) in [6.45, 7) is 5.44. The molecular weight excluding hydrogens is 444 g/mol. The van der Waals surface area contributed by atoms with Crippen LogP contribution in [0, 0.1) is 13.8 Å². The summed E-state index contributed by atoms with van der Waals surface area (Å²) in [6, 6.07) is 12.1. The zero-order valence-corrected chi connectivity index (χ0v) is 19.7. The van der Waals surface area contributed by atoms with Crippen LogP contribution in [0.25, 0.3) is 17.0 Å². The number of carbonyl (C=O) groups excluding carboxylic acids is 4. The maximum absolute atomic E-state index is 13.4. The first-order valence-corrected chi connectivity index (χ1v) is 11.7. The number of aryl methyl sites for hydroxylation is 1. The van der Waals surface area contributed by atoms with E-state index in [-0.39, 0.29) is 18.0 Å². The molecule has 35 heavy (non-hydrogen) atoms. The van der Waals surface area contributed by atoms with Gasteiger partial charge in [0, 0.05) is 35.8 Å². The predicted octanol–water partition coefficient (Wildman–Crippen LogP) is 3.55. The van der Waals surface area contributed by atoms with E-state index >= 15 is 0 Å². The Bertz CT molecular complexity index is 1410. The van der Waals surface area contributed by atoms with E-state index in [9.17, 15) is 19.2 Å². The molecule has 2 fully saturated rings. The number of fused-ring (bicyclic) bond motifs is 1. The highest BCUT2D eigenvalue weighted by Crippen LogP contribution is 2.29. The summed E-state index contributed by atoms with van der Waals surface area (Å²) >= 11 is 0. The van der Waals surface area contributed by atoms with E-state index in [1.54, 1.807) is 18.3 Å². The summed E-state index contributed by atoms with van der Waals surface area (Å²) < 4.78 is 1.85. The number of nitrogens with zero attached hydrogens (tertiary/aromatic N) is 3. The Morgan fingerprint density at radius 1 is 1.00 bits per heavy atom. The summed E-state index contributed by atoms with van der Waals surface area (Å²) in [5.74, 6) is -1.38. The Morgan fingerprint density at radius 3 is 2.51 bits per heavy atom. The number of urea groups is 1. The van der Waals surface area contributed by atoms with Crippen molar-refractivity contribution in [1.29, 1.82) is 0 Å². The van der Waals surface area contributed by atoms with Crippen molar-refractivity contribution in [1.82, 2.24) is 14.8 Å². The Kier molecular flexibility index (Phi) is 5.72. The summed E-state index contributed by atoms with van der Waals surface area (Å²) in [5, 5.41) is 3.10. The molecule has 2 aromatic carbocycles. The molecule has 5 amide bonds. The van der Waals surface area contributed by atoms with Gasteiger partial charge in [-0.05, 0) is 56.0 Å². The molecule has 1 N–H and O–H groups in total. The molecule has 0 aliphatic carbocycles. The number of carbonyl (C=O) groups is 4. The molecule has 8 nitrogen and oxygen atoms in total. The fourth-order valence-electron chi connectivity index (χ4n) is 4.74. The van der Waals surface area contributed by atoms with Crippen molar-refractivity contribution >= 4 is 46.4 Å². The van der Waals surface area contributed by atoms with Crippen molar-refractivity contribution in [2.75, 3.05) is 18.0 Å². The third-order valence-electron chi connectivity index (χ3n) is 6.80. The fraction of sp³-hybridized carbons (Fsp3) is 0.259. The molecule has 0 bridgehead atoms. The minimum atomic E-state index is -0.774. The molecule has 1 aromatic heterocycles. The van der Waals surface area contributed by atoms with Gasteiger partial charge < -0.3 is 9.47 Å². The summed E-state index contributed by atoms with van der Waals surface area (Å²) in [7, 11) is 0. The smallest absolute Gasteiger partial charge is 0.335 e. The van der Waals surface area contributed by atoms with E-state index in [4.69, 9.17) is 0 Å². The van der Waals surface area contributed by atoms with Crippen LogP contribution in [0.2, 0.25) is 0 Å². The molecule has 2 saturated heterocycles. The van der Waals surface area contributed by atoms with Gasteiger partial charge in [0.05, 0.1) is 5.69 Å². The lowest BCUT2D eigenvalue weighted by molar-refractivity contribution is -0.130. The lowest BCUT2D eigenvalue weighted by Gasteiger charge is -2.28. The maximum atomic E-state index is 13.4. The topological polar surface area (TPSA) is 91.7 Å². The zero-order chi connectivity index (χ0) is 24.7. The van der Waals surface area contributed by atoms with E-state index in [2.05, 4.69) is 5.32 Å². The van der Waals surface area contributed by atoms with Crippen molar-refractivity contribution in [2.45, 2.75) is 33.2 Å². The van der Waals surface area contributed by atoms with Crippen molar-refractivity contribution in [3.63, 3.8) is 0 Å². The van der Waals surface area contributed by atoms with Gasteiger partial charge in [0.1, 0.15) is 12.1 Å². The van der Waals surface area contributed by atoms with Gasteiger partial charge in [0.25, 0.3) is 11.8 Å². The summed E-state index contributed by atoms with van der Waals surface area (Å²) in [6.07, 6.45) is 5.32. The number of hydrogen-bond acceptors (Lipinski definition) is 4. The maximum Gasteiger partial charge on any atom is 0.335 e. The van der Waals surface area contributed by atoms with E-state index in [0.717, 1.165) is 52.9 Å². The second-order valence-corrected chi connectivity index (χ2v) is 8.99. The lowest BCUT2D eigenvalue weighted by atomic mass is 10.0. The minimum Gasteiger partial charge on any atom is -0.341 e. The molecule has 2 aliphatic rings. The monoisotopic (exact) mass is 470 g/mol. The van der Waals surface area contributed by atoms with Gasteiger partial charge in [-0.1, -0.05) is 30.3 Å². The van der Waals surface area contributed by atoms with Crippen LogP contribution in [0.1, 0.15) is 29.5 Å². The Labute approximate surface area is 202 Å². The molecule has 0 radical (unpaired) electrons. The van der Waals surface area contributed by atoms with Crippen LogP contribution in [0.4, 0.5) is 10.5 Å². The van der Waals surface area contributed by atoms with Gasteiger partial charge in [0.15, 0.2) is 0 Å². The minimum absolute atomic E-state index is 0.0423. The number of benzene rings is 2. The Hall–Kier alpha value is -4.20. The van der Waals surface area contributed by atoms with Crippen LogP contribution in [0.5, 0.6) is 0 Å². The number of barbiturate groups is 1. The van der Waals surface area contributed by atoms with E-state index in [1.165, 1.54) is 6.08 Å². The van der Waals surface area contributed by atoms with Crippen LogP contribution < -0.4 is 10.2 Å². The quantitative estimate of drug-likeness (QED) is 0.466. The number of para-hydroxylation sites is 1. The Morgan fingerprint density at radius 2 is 1.74 bits per heavy atom. The molecule has 3 heterocycles. The molecule has 0 spiro atoms. The van der Waals surface area contributed by atoms with Crippen LogP contribution in [-0.2, 0) is 20.9 Å². The predicted molar refractivity (Wildman–Crippen MR) is 133 cm³/mol. The largest absolute Gasteiger partial charge is 0.341 e. The van der Waals surface area contributed by atoms with Crippen LogP contribution in [0.3, 0.4) is 0 Å². The third kappa shape index (κ3) is 4.01. The van der Waals surface area contributed by atoms with Gasteiger partial charge in [0.2, 0.25) is 5.91 Å². The molecular formula is C27H26N4O4. The SMILES string of the molecule is Cc1cccc(N2C(=O)NC(=O)C(=Cc3cn(CC(=O)N4CCCC4)c4ccccc34)C2=O)c1C. The van der Waals surface area contributed by atoms with E-state index < -0.39 is 17.8 Å². The summed E-state index contributed by atoms with van der Waals surface area (Å²) in [5.41, 5.74) is 3.46. The van der Waals surface area contributed by atoms with Crippen molar-refractivity contribution in [3.05, 3.63) is 70.9 Å². The highest BCUT2D eigenvalue weighted by atomic mass is 16.2. The average molecular weight is 471 g/mol. The third-order valence-corrected chi connectivity index (χ3v) is 6.80. The highest BCUT2D eigenvalue weighted by molar-refractivity contribution is 6.39. The zero-order valence-electron chi connectivity index (χ0n) is 19.7. The molecule has 0 saturated carbocycles. The second kappa shape index (κ2) is 8.87. The molecule has 2 aliphatic heterocycles. The number of nitrogens with one attached hydrogen (secondary N) is 1. The Balaban J connectivity index is 1.54. The number of anilines is 1. The number of rotatable bonds is 4. The standard InChI is InChI=1S/C27H26N4O4/c1-17-8-7-11-22(18(17)2)31-26(34)21(25(33)28-27(31)35)14-19-15-30(23-10-4-3-9-20(19)23)16-24(32)29-12-5-6-13-29/h3-4,7-11,14-15H,5-6,12-13,16H2,1-2H3,(H,28,33,35). The molecule has 5 rings (SSSR count). The van der Waals surface area contributed by atoms with Crippen LogP contribution >= 0.6 is 0 Å². The first-order chi connectivity index (χ1) is 16.8. The van der Waals surface area contributed by atoms with E-state index in [0.29, 0.717) is 11.3 Å². The van der Waals surface area contributed by atoms with Gasteiger partial charge in [-0.15, -0.1) is 0 Å². The second-order valence-electron chi connectivity index (χ2n) is 8.99. The lowest BCUT2D eigenvalue weighted by Crippen LogP contribution is -2.54. The van der Waals surface area contributed by atoms with Gasteiger partial charge >= 0.3 is 6.03 Å². The van der Waals surface area contributed by atoms with Gasteiger partial charge in [-0.25, -0.2) is 9.69 Å². The molecule has 0 atom stereocenters. The molecule has 178 valence electrons. The summed E-state index contributed by atoms with van der Waals surface area (Å²) in [4.78, 5) is 54.4. The molecule has 8 heteroatoms. The van der Waals surface area contributed by atoms with Crippen molar-refractivity contribution in [3.8, 4) is 0 Å². The van der Waals surface area contributed by atoms with Gasteiger partial charge in [-0.3, -0.25) is 19.7 Å². The number of likely N-dealkylation sites (tertiary alicyclic amines) is 1. The normalized spacial score (nSPS) is 17.5. The van der Waals surface area contributed by atoms with Crippen molar-refractivity contribution in [2.24, 2.45) is 0 Å².